The van der Waals surface area contributed by atoms with E-state index in [4.69, 9.17) is 13.6 Å². The van der Waals surface area contributed by atoms with Gasteiger partial charge in [-0.05, 0) is 38.0 Å². The van der Waals surface area contributed by atoms with Crippen molar-refractivity contribution in [1.29, 1.82) is 0 Å². The third kappa shape index (κ3) is 37.2. The fourth-order valence-corrected chi connectivity index (χ4v) is 10.5. The standard InChI is InChI=1S/C45H93O4PS3/c1-7-10-13-16-19-22-25-28-31-34-37-43(51-4)40-47-50(46,48-41-44(52-5)38-35-32-29-26-23-20-17-14-11-8-2)49-42-45(53-6)39-36-33-30-27-24-21-18-15-12-9-3/h43-45H,7-42H2,1-6H3. The van der Waals surface area contributed by atoms with Gasteiger partial charge >= 0.3 is 7.82 Å². The molecule has 0 aromatic heterocycles. The van der Waals surface area contributed by atoms with Gasteiger partial charge < -0.3 is 0 Å². The second-order valence-corrected chi connectivity index (χ2v) is 20.9. The van der Waals surface area contributed by atoms with E-state index in [2.05, 4.69) is 39.5 Å². The fourth-order valence-electron chi connectivity index (χ4n) is 7.02. The molecule has 3 unspecified atom stereocenters. The minimum absolute atomic E-state index is 0.315. The Kier molecular flexibility index (Phi) is 43.7. The van der Waals surface area contributed by atoms with Crippen LogP contribution in [0.1, 0.15) is 233 Å². The van der Waals surface area contributed by atoms with E-state index in [1.54, 1.807) is 0 Å². The van der Waals surface area contributed by atoms with Gasteiger partial charge in [0.15, 0.2) is 0 Å². The highest BCUT2D eigenvalue weighted by molar-refractivity contribution is 7.99. The van der Waals surface area contributed by atoms with Gasteiger partial charge in [-0.2, -0.15) is 35.3 Å². The van der Waals surface area contributed by atoms with Gasteiger partial charge in [-0.15, -0.1) is 0 Å². The summed E-state index contributed by atoms with van der Waals surface area (Å²) >= 11 is 5.49. The molecule has 0 aromatic rings. The molecule has 0 N–H and O–H groups in total. The Labute approximate surface area is 346 Å². The zero-order valence-electron chi connectivity index (χ0n) is 36.5. The van der Waals surface area contributed by atoms with E-state index in [0.29, 0.717) is 35.6 Å². The van der Waals surface area contributed by atoms with E-state index >= 15 is 0 Å². The maximum atomic E-state index is 14.2. The van der Waals surface area contributed by atoms with Crippen molar-refractivity contribution in [2.75, 3.05) is 38.6 Å². The fraction of sp³-hybridized carbons (Fsp3) is 1.00. The number of phosphoric acid groups is 1. The van der Waals surface area contributed by atoms with Gasteiger partial charge in [0.1, 0.15) is 0 Å². The number of thioether (sulfide) groups is 3. The largest absolute Gasteiger partial charge is 0.474 e. The average Bonchev–Trinajstić information content (AvgIpc) is 3.17. The predicted molar refractivity (Wildman–Crippen MR) is 247 cm³/mol. The highest BCUT2D eigenvalue weighted by Gasteiger charge is 2.30. The summed E-state index contributed by atoms with van der Waals surface area (Å²) in [5.74, 6) is 0. The van der Waals surface area contributed by atoms with Crippen LogP contribution >= 0.6 is 43.1 Å². The molecular formula is C45H93O4PS3. The first-order chi connectivity index (χ1) is 26.0. The number of hydrogen-bond acceptors (Lipinski definition) is 7. The third-order valence-electron chi connectivity index (χ3n) is 10.9. The molecule has 320 valence electrons. The van der Waals surface area contributed by atoms with Gasteiger partial charge in [-0.3, -0.25) is 13.6 Å². The van der Waals surface area contributed by atoms with Crippen LogP contribution in [-0.4, -0.2) is 54.3 Å². The molecule has 0 aliphatic carbocycles. The lowest BCUT2D eigenvalue weighted by Crippen LogP contribution is -2.18. The molecule has 3 atom stereocenters. The van der Waals surface area contributed by atoms with Crippen molar-refractivity contribution < 1.29 is 18.1 Å². The van der Waals surface area contributed by atoms with E-state index in [9.17, 15) is 4.57 Å². The maximum absolute atomic E-state index is 14.2. The lowest BCUT2D eigenvalue weighted by atomic mass is 10.1. The van der Waals surface area contributed by atoms with Crippen LogP contribution in [-0.2, 0) is 18.1 Å². The quantitative estimate of drug-likeness (QED) is 0.0448. The van der Waals surface area contributed by atoms with Crippen LogP contribution < -0.4 is 0 Å². The summed E-state index contributed by atoms with van der Waals surface area (Å²) in [7, 11) is -3.66. The minimum atomic E-state index is -3.66. The van der Waals surface area contributed by atoms with Crippen LogP contribution in [0.3, 0.4) is 0 Å². The van der Waals surface area contributed by atoms with E-state index in [-0.39, 0.29) is 0 Å². The summed E-state index contributed by atoms with van der Waals surface area (Å²) in [5, 5.41) is 0.946. The van der Waals surface area contributed by atoms with Gasteiger partial charge in [0, 0.05) is 15.7 Å². The van der Waals surface area contributed by atoms with Crippen molar-refractivity contribution in [2.45, 2.75) is 248 Å². The minimum Gasteiger partial charge on any atom is -0.286 e. The molecule has 0 rings (SSSR count). The number of rotatable bonds is 45. The van der Waals surface area contributed by atoms with E-state index in [1.807, 2.05) is 35.3 Å². The summed E-state index contributed by atoms with van der Waals surface area (Å²) in [4.78, 5) is 0. The second kappa shape index (κ2) is 42.8. The molecule has 0 aromatic carbocycles. The molecule has 4 nitrogen and oxygen atoms in total. The van der Waals surface area contributed by atoms with Crippen LogP contribution in [0.5, 0.6) is 0 Å². The Morgan fingerprint density at radius 1 is 0.340 bits per heavy atom. The molecule has 0 radical (unpaired) electrons. The zero-order valence-corrected chi connectivity index (χ0v) is 39.8. The van der Waals surface area contributed by atoms with Crippen LogP contribution in [0.2, 0.25) is 0 Å². The van der Waals surface area contributed by atoms with Gasteiger partial charge in [-0.25, -0.2) is 4.57 Å². The summed E-state index contributed by atoms with van der Waals surface area (Å²) in [6, 6.07) is 0. The Hall–Kier alpha value is 1.16. The lowest BCUT2D eigenvalue weighted by Gasteiger charge is -2.24. The first kappa shape index (κ1) is 54.2. The molecule has 53 heavy (non-hydrogen) atoms. The molecule has 0 bridgehead atoms. The first-order valence-corrected chi connectivity index (χ1v) is 28.4. The molecule has 0 aliphatic rings. The molecule has 0 fully saturated rings. The molecular weight excluding hydrogens is 732 g/mol. The van der Waals surface area contributed by atoms with Gasteiger partial charge in [-0.1, -0.05) is 213 Å². The van der Waals surface area contributed by atoms with Gasteiger partial charge in [0.05, 0.1) is 19.8 Å². The van der Waals surface area contributed by atoms with Crippen molar-refractivity contribution in [1.82, 2.24) is 0 Å². The summed E-state index contributed by atoms with van der Waals surface area (Å²) in [6.45, 7) is 8.15. The molecule has 0 amide bonds. The van der Waals surface area contributed by atoms with Crippen molar-refractivity contribution in [3.63, 3.8) is 0 Å². The zero-order chi connectivity index (χ0) is 38.9. The highest BCUT2D eigenvalue weighted by Crippen LogP contribution is 2.51. The smallest absolute Gasteiger partial charge is 0.286 e. The normalized spacial score (nSPS) is 14.8. The maximum Gasteiger partial charge on any atom is 0.474 e. The predicted octanol–water partition coefficient (Wildman–Crippen LogP) is 17.3. The Morgan fingerprint density at radius 3 is 0.717 bits per heavy atom. The molecule has 0 spiro atoms. The second-order valence-electron chi connectivity index (χ2n) is 15.8. The van der Waals surface area contributed by atoms with E-state index in [1.165, 1.54) is 193 Å². The summed E-state index contributed by atoms with van der Waals surface area (Å²) in [6.07, 6.45) is 50.1. The highest BCUT2D eigenvalue weighted by atomic mass is 32.2. The Balaban J connectivity index is 4.81. The Morgan fingerprint density at radius 2 is 0.528 bits per heavy atom. The number of phosphoric ester groups is 1. The molecule has 0 saturated carbocycles. The molecule has 0 heterocycles. The van der Waals surface area contributed by atoms with Crippen molar-refractivity contribution in [3.05, 3.63) is 0 Å². The van der Waals surface area contributed by atoms with E-state index < -0.39 is 7.82 Å². The number of hydrogen-bond donors (Lipinski definition) is 0. The van der Waals surface area contributed by atoms with Crippen molar-refractivity contribution in [3.8, 4) is 0 Å². The number of unbranched alkanes of at least 4 members (excludes halogenated alkanes) is 27. The monoisotopic (exact) mass is 825 g/mol. The third-order valence-corrected chi connectivity index (χ3v) is 15.4. The topological polar surface area (TPSA) is 44.8 Å². The summed E-state index contributed by atoms with van der Waals surface area (Å²) < 4.78 is 32.8. The lowest BCUT2D eigenvalue weighted by molar-refractivity contribution is 0.112. The average molecular weight is 825 g/mol. The molecule has 0 aliphatic heterocycles. The van der Waals surface area contributed by atoms with Crippen molar-refractivity contribution >= 4 is 43.1 Å². The van der Waals surface area contributed by atoms with Crippen LogP contribution in [0.25, 0.3) is 0 Å². The molecule has 8 heteroatoms. The SMILES string of the molecule is CCCCCCCCCCCCC(COP(=O)(OCC(CCCCCCCCCCCC)SC)OCC(CCCCCCCCCCCC)SC)SC. The van der Waals surface area contributed by atoms with Crippen LogP contribution in [0.15, 0.2) is 0 Å². The van der Waals surface area contributed by atoms with Crippen LogP contribution in [0, 0.1) is 0 Å². The van der Waals surface area contributed by atoms with Crippen LogP contribution in [0.4, 0.5) is 0 Å². The van der Waals surface area contributed by atoms with E-state index in [0.717, 1.165) is 19.3 Å². The first-order valence-electron chi connectivity index (χ1n) is 23.1. The van der Waals surface area contributed by atoms with Crippen molar-refractivity contribution in [2.24, 2.45) is 0 Å². The van der Waals surface area contributed by atoms with Gasteiger partial charge in [0.2, 0.25) is 0 Å². The Bertz CT molecular complexity index is 666. The molecule has 0 saturated heterocycles. The van der Waals surface area contributed by atoms with Gasteiger partial charge in [0.25, 0.3) is 0 Å². The summed E-state index contributed by atoms with van der Waals surface area (Å²) in [5.41, 5.74) is 0.